The predicted octanol–water partition coefficient (Wildman–Crippen LogP) is 3.49. The van der Waals surface area contributed by atoms with Crippen molar-refractivity contribution < 1.29 is 28.2 Å². The van der Waals surface area contributed by atoms with Gasteiger partial charge in [-0.3, -0.25) is 9.59 Å². The molecule has 1 amide bonds. The van der Waals surface area contributed by atoms with Crippen LogP contribution in [0.1, 0.15) is 17.9 Å². The molecule has 0 fully saturated rings. The topological polar surface area (TPSA) is 99.9 Å². The molecular formula is C22H20N2O6. The number of oxazole rings is 1. The van der Waals surface area contributed by atoms with Crippen LogP contribution in [0.25, 0.3) is 11.3 Å². The van der Waals surface area contributed by atoms with Gasteiger partial charge in [0.25, 0.3) is 5.91 Å². The van der Waals surface area contributed by atoms with Gasteiger partial charge < -0.3 is 23.9 Å². The standard InChI is InChI=1S/C22H20N2O6/c1-14-2-4-15(5-3-14)19-11-23-21(30-19)8-9-22(26)27-12-20(25)24-16-6-7-17-18(10-16)29-13-28-17/h2-7,10-11H,8-9,12-13H2,1H3,(H,24,25). The number of ether oxygens (including phenoxy) is 3. The minimum absolute atomic E-state index is 0.0607. The maximum atomic E-state index is 12.0. The maximum absolute atomic E-state index is 12.0. The molecule has 0 saturated carbocycles. The molecule has 1 N–H and O–H groups in total. The molecule has 0 spiro atoms. The van der Waals surface area contributed by atoms with Crippen LogP contribution >= 0.6 is 0 Å². The van der Waals surface area contributed by atoms with E-state index in [0.717, 1.165) is 11.1 Å². The van der Waals surface area contributed by atoms with E-state index in [0.29, 0.717) is 28.8 Å². The number of fused-ring (bicyclic) bond motifs is 1. The van der Waals surface area contributed by atoms with Crippen molar-refractivity contribution in [1.82, 2.24) is 4.98 Å². The van der Waals surface area contributed by atoms with E-state index in [1.165, 1.54) is 0 Å². The summed E-state index contributed by atoms with van der Waals surface area (Å²) in [6, 6.07) is 12.9. The SMILES string of the molecule is Cc1ccc(-c2cnc(CCC(=O)OCC(=O)Nc3ccc4c(c3)OCO4)o2)cc1. The Morgan fingerprint density at radius 3 is 2.73 bits per heavy atom. The maximum Gasteiger partial charge on any atom is 0.306 e. The summed E-state index contributed by atoms with van der Waals surface area (Å²) in [5.41, 5.74) is 2.61. The Morgan fingerprint density at radius 1 is 1.10 bits per heavy atom. The summed E-state index contributed by atoms with van der Waals surface area (Å²) in [7, 11) is 0. The average Bonchev–Trinajstić information content (AvgIpc) is 3.40. The van der Waals surface area contributed by atoms with Crippen LogP contribution in [0.4, 0.5) is 5.69 Å². The van der Waals surface area contributed by atoms with Crippen LogP contribution in [-0.2, 0) is 20.7 Å². The minimum atomic E-state index is -0.508. The molecule has 0 aliphatic carbocycles. The Kier molecular flexibility index (Phi) is 5.65. The van der Waals surface area contributed by atoms with E-state index in [1.807, 2.05) is 31.2 Å². The monoisotopic (exact) mass is 408 g/mol. The fourth-order valence-electron chi connectivity index (χ4n) is 2.88. The molecule has 1 aromatic heterocycles. The molecule has 8 heteroatoms. The van der Waals surface area contributed by atoms with Gasteiger partial charge in [-0.15, -0.1) is 0 Å². The second kappa shape index (κ2) is 8.69. The average molecular weight is 408 g/mol. The molecule has 2 heterocycles. The molecule has 0 saturated heterocycles. The van der Waals surface area contributed by atoms with Gasteiger partial charge in [0, 0.05) is 23.7 Å². The Labute approximate surface area is 172 Å². The lowest BCUT2D eigenvalue weighted by molar-refractivity contribution is -0.147. The van der Waals surface area contributed by atoms with E-state index in [1.54, 1.807) is 24.4 Å². The van der Waals surface area contributed by atoms with Crippen molar-refractivity contribution in [3.63, 3.8) is 0 Å². The highest BCUT2D eigenvalue weighted by Gasteiger charge is 2.15. The Bertz CT molecular complexity index is 1060. The van der Waals surface area contributed by atoms with Crippen LogP contribution in [0.5, 0.6) is 11.5 Å². The fraction of sp³-hybridized carbons (Fsp3) is 0.227. The molecule has 0 unspecified atom stereocenters. The number of esters is 1. The van der Waals surface area contributed by atoms with Gasteiger partial charge in [0.1, 0.15) is 0 Å². The lowest BCUT2D eigenvalue weighted by atomic mass is 10.1. The lowest BCUT2D eigenvalue weighted by Gasteiger charge is -2.07. The number of rotatable bonds is 7. The van der Waals surface area contributed by atoms with E-state index in [4.69, 9.17) is 18.6 Å². The molecule has 8 nitrogen and oxygen atoms in total. The smallest absolute Gasteiger partial charge is 0.306 e. The van der Waals surface area contributed by atoms with E-state index < -0.39 is 11.9 Å². The summed E-state index contributed by atoms with van der Waals surface area (Å²) >= 11 is 0. The van der Waals surface area contributed by atoms with Crippen molar-refractivity contribution >= 4 is 17.6 Å². The zero-order valence-corrected chi connectivity index (χ0v) is 16.3. The van der Waals surface area contributed by atoms with Gasteiger partial charge in [-0.1, -0.05) is 29.8 Å². The van der Waals surface area contributed by atoms with Gasteiger partial charge in [0.05, 0.1) is 12.6 Å². The van der Waals surface area contributed by atoms with Crippen molar-refractivity contribution in [3.05, 3.63) is 60.1 Å². The number of hydrogen-bond acceptors (Lipinski definition) is 7. The van der Waals surface area contributed by atoms with E-state index in [9.17, 15) is 9.59 Å². The van der Waals surface area contributed by atoms with Crippen LogP contribution in [-0.4, -0.2) is 30.3 Å². The first-order chi connectivity index (χ1) is 14.6. The van der Waals surface area contributed by atoms with Gasteiger partial charge in [0.15, 0.2) is 29.8 Å². The highest BCUT2D eigenvalue weighted by molar-refractivity contribution is 5.93. The van der Waals surface area contributed by atoms with Crippen molar-refractivity contribution in [1.29, 1.82) is 0 Å². The number of carbonyl (C=O) groups excluding carboxylic acids is 2. The summed E-state index contributed by atoms with van der Waals surface area (Å²) in [5, 5.41) is 2.64. The molecule has 0 bridgehead atoms. The number of aryl methyl sites for hydroxylation is 2. The van der Waals surface area contributed by atoms with Gasteiger partial charge in [-0.25, -0.2) is 4.98 Å². The highest BCUT2D eigenvalue weighted by atomic mass is 16.7. The van der Waals surface area contributed by atoms with Crippen LogP contribution in [0.15, 0.2) is 53.1 Å². The molecule has 1 aliphatic heterocycles. The molecule has 30 heavy (non-hydrogen) atoms. The van der Waals surface area contributed by atoms with Gasteiger partial charge in [0.2, 0.25) is 6.79 Å². The summed E-state index contributed by atoms with van der Waals surface area (Å²) in [6.07, 6.45) is 1.98. The van der Waals surface area contributed by atoms with E-state index in [-0.39, 0.29) is 26.2 Å². The lowest BCUT2D eigenvalue weighted by Crippen LogP contribution is -2.21. The first kappa shape index (κ1) is 19.5. The zero-order chi connectivity index (χ0) is 20.9. The van der Waals surface area contributed by atoms with E-state index >= 15 is 0 Å². The molecule has 2 aromatic carbocycles. The Hall–Kier alpha value is -3.81. The predicted molar refractivity (Wildman–Crippen MR) is 107 cm³/mol. The third-order valence-corrected chi connectivity index (χ3v) is 4.45. The van der Waals surface area contributed by atoms with Crippen molar-refractivity contribution in [3.8, 4) is 22.8 Å². The second-order valence-corrected chi connectivity index (χ2v) is 6.76. The quantitative estimate of drug-likeness (QED) is 0.597. The van der Waals surface area contributed by atoms with Gasteiger partial charge in [-0.05, 0) is 19.1 Å². The van der Waals surface area contributed by atoms with E-state index in [2.05, 4.69) is 10.3 Å². The minimum Gasteiger partial charge on any atom is -0.456 e. The molecule has 154 valence electrons. The first-order valence-electron chi connectivity index (χ1n) is 9.44. The van der Waals surface area contributed by atoms with Crippen LogP contribution < -0.4 is 14.8 Å². The second-order valence-electron chi connectivity index (χ2n) is 6.76. The number of hydrogen-bond donors (Lipinski definition) is 1. The van der Waals surface area contributed by atoms with Crippen molar-refractivity contribution in [2.45, 2.75) is 19.8 Å². The molecule has 3 aromatic rings. The summed E-state index contributed by atoms with van der Waals surface area (Å²) < 4.78 is 21.2. The van der Waals surface area contributed by atoms with Gasteiger partial charge in [-0.2, -0.15) is 0 Å². The van der Waals surface area contributed by atoms with Gasteiger partial charge >= 0.3 is 5.97 Å². The number of amides is 1. The summed E-state index contributed by atoms with van der Waals surface area (Å²) in [6.45, 7) is 1.78. The number of nitrogens with one attached hydrogen (secondary N) is 1. The number of benzene rings is 2. The summed E-state index contributed by atoms with van der Waals surface area (Å²) in [4.78, 5) is 28.1. The van der Waals surface area contributed by atoms with Crippen molar-refractivity contribution in [2.24, 2.45) is 0 Å². The van der Waals surface area contributed by atoms with Crippen molar-refractivity contribution in [2.75, 3.05) is 18.7 Å². The Balaban J connectivity index is 1.21. The van der Waals surface area contributed by atoms with Crippen LogP contribution in [0, 0.1) is 6.92 Å². The normalized spacial score (nSPS) is 11.9. The highest BCUT2D eigenvalue weighted by Crippen LogP contribution is 2.34. The molecular weight excluding hydrogens is 388 g/mol. The van der Waals surface area contributed by atoms with Crippen LogP contribution in [0.2, 0.25) is 0 Å². The van der Waals surface area contributed by atoms with Crippen LogP contribution in [0.3, 0.4) is 0 Å². The largest absolute Gasteiger partial charge is 0.456 e. The third-order valence-electron chi connectivity index (χ3n) is 4.45. The zero-order valence-electron chi connectivity index (χ0n) is 16.3. The molecule has 0 atom stereocenters. The number of aromatic nitrogens is 1. The fourth-order valence-corrected chi connectivity index (χ4v) is 2.88. The number of carbonyl (C=O) groups is 2. The summed E-state index contributed by atoms with van der Waals surface area (Å²) in [5.74, 6) is 1.30. The number of nitrogens with zero attached hydrogens (tertiary/aromatic N) is 1. The number of anilines is 1. The molecule has 0 radical (unpaired) electrons. The molecule has 4 rings (SSSR count). The third kappa shape index (κ3) is 4.78. The first-order valence-corrected chi connectivity index (χ1v) is 9.44. The molecule has 1 aliphatic rings. The Morgan fingerprint density at radius 2 is 1.90 bits per heavy atom.